The summed E-state index contributed by atoms with van der Waals surface area (Å²) in [6.07, 6.45) is 1.63. The van der Waals surface area contributed by atoms with Gasteiger partial charge in [-0.2, -0.15) is 0 Å². The van der Waals surface area contributed by atoms with Gasteiger partial charge in [-0.25, -0.2) is 9.37 Å². The van der Waals surface area contributed by atoms with Crippen molar-refractivity contribution in [2.24, 2.45) is 0 Å². The van der Waals surface area contributed by atoms with E-state index in [1.165, 1.54) is 6.07 Å². The Bertz CT molecular complexity index is 584. The number of halogens is 2. The maximum Gasteiger partial charge on any atom is 0.259 e. The average molecular weight is 356 g/mol. The van der Waals surface area contributed by atoms with Crippen LogP contribution in [0.15, 0.2) is 36.5 Å². The van der Waals surface area contributed by atoms with Crippen molar-refractivity contribution in [3.63, 3.8) is 0 Å². The van der Waals surface area contributed by atoms with Gasteiger partial charge in [0.1, 0.15) is 11.6 Å². The van der Waals surface area contributed by atoms with E-state index in [9.17, 15) is 9.18 Å². The van der Waals surface area contributed by atoms with Gasteiger partial charge in [-0.05, 0) is 53.3 Å². The number of benzene rings is 1. The van der Waals surface area contributed by atoms with Crippen molar-refractivity contribution < 1.29 is 9.18 Å². The summed E-state index contributed by atoms with van der Waals surface area (Å²) in [5, 5.41) is 2.56. The standard InChI is InChI=1S/C13H10FIN2O/c1-8-3-2-4-10(12(8)14)13(18)17-11-6-5-9(15)7-16-11/h2-7H,1H3,(H,16,17,18). The maximum atomic E-state index is 13.7. The van der Waals surface area contributed by atoms with Crippen LogP contribution in [0.5, 0.6) is 0 Å². The van der Waals surface area contributed by atoms with Crippen molar-refractivity contribution in [1.82, 2.24) is 4.98 Å². The van der Waals surface area contributed by atoms with Crippen molar-refractivity contribution in [1.29, 1.82) is 0 Å². The number of carbonyl (C=O) groups is 1. The molecule has 1 aromatic carbocycles. The van der Waals surface area contributed by atoms with Crippen LogP contribution in [-0.2, 0) is 0 Å². The third kappa shape index (κ3) is 2.84. The minimum absolute atomic E-state index is 0.0235. The van der Waals surface area contributed by atoms with Gasteiger partial charge in [-0.1, -0.05) is 12.1 Å². The average Bonchev–Trinajstić information content (AvgIpc) is 2.35. The number of pyridine rings is 1. The summed E-state index contributed by atoms with van der Waals surface area (Å²) in [5.41, 5.74) is 0.466. The van der Waals surface area contributed by atoms with E-state index < -0.39 is 11.7 Å². The molecule has 18 heavy (non-hydrogen) atoms. The second-order valence-corrected chi connectivity index (χ2v) is 5.00. The Kier molecular flexibility index (Phi) is 3.90. The molecule has 0 atom stereocenters. The zero-order chi connectivity index (χ0) is 13.1. The highest BCUT2D eigenvalue weighted by atomic mass is 127. The van der Waals surface area contributed by atoms with Gasteiger partial charge < -0.3 is 5.32 Å². The number of hydrogen-bond donors (Lipinski definition) is 1. The number of nitrogens with one attached hydrogen (secondary N) is 1. The molecule has 2 aromatic rings. The fourth-order valence-electron chi connectivity index (χ4n) is 1.46. The lowest BCUT2D eigenvalue weighted by Crippen LogP contribution is -2.15. The smallest absolute Gasteiger partial charge is 0.259 e. The van der Waals surface area contributed by atoms with Crippen LogP contribution in [-0.4, -0.2) is 10.9 Å². The van der Waals surface area contributed by atoms with Gasteiger partial charge in [-0.15, -0.1) is 0 Å². The van der Waals surface area contributed by atoms with Gasteiger partial charge in [0.15, 0.2) is 0 Å². The lowest BCUT2D eigenvalue weighted by molar-refractivity contribution is 0.102. The SMILES string of the molecule is Cc1cccc(C(=O)Nc2ccc(I)cn2)c1F. The van der Waals surface area contributed by atoms with E-state index in [-0.39, 0.29) is 5.56 Å². The molecular formula is C13H10FIN2O. The van der Waals surface area contributed by atoms with Crippen LogP contribution in [0.3, 0.4) is 0 Å². The number of aromatic nitrogens is 1. The first-order valence-corrected chi connectivity index (χ1v) is 6.34. The fraction of sp³-hybridized carbons (Fsp3) is 0.0769. The minimum atomic E-state index is -0.500. The fourth-order valence-corrected chi connectivity index (χ4v) is 1.78. The maximum absolute atomic E-state index is 13.7. The van der Waals surface area contributed by atoms with Crippen molar-refractivity contribution in [3.8, 4) is 0 Å². The van der Waals surface area contributed by atoms with Crippen LogP contribution in [0.4, 0.5) is 10.2 Å². The monoisotopic (exact) mass is 356 g/mol. The number of amides is 1. The molecule has 0 aliphatic heterocycles. The minimum Gasteiger partial charge on any atom is -0.306 e. The summed E-state index contributed by atoms with van der Waals surface area (Å²) in [7, 11) is 0. The molecule has 0 aliphatic carbocycles. The molecule has 0 fully saturated rings. The van der Waals surface area contributed by atoms with Crippen LogP contribution in [0, 0.1) is 16.3 Å². The Morgan fingerprint density at radius 2 is 2.11 bits per heavy atom. The highest BCUT2D eigenvalue weighted by Gasteiger charge is 2.13. The first-order chi connectivity index (χ1) is 8.58. The number of aryl methyl sites for hydroxylation is 1. The van der Waals surface area contributed by atoms with E-state index in [0.717, 1.165) is 3.57 Å². The van der Waals surface area contributed by atoms with Gasteiger partial charge in [0.25, 0.3) is 5.91 Å². The predicted molar refractivity (Wildman–Crippen MR) is 76.0 cm³/mol. The molecule has 1 amide bonds. The number of nitrogens with zero attached hydrogens (tertiary/aromatic N) is 1. The Labute approximate surface area is 118 Å². The summed E-state index contributed by atoms with van der Waals surface area (Å²) in [4.78, 5) is 15.9. The molecule has 1 heterocycles. The van der Waals surface area contributed by atoms with Crippen LogP contribution in [0.25, 0.3) is 0 Å². The van der Waals surface area contributed by atoms with E-state index in [1.54, 1.807) is 31.3 Å². The lowest BCUT2D eigenvalue weighted by Gasteiger charge is -2.06. The summed E-state index contributed by atoms with van der Waals surface area (Å²) in [6.45, 7) is 1.62. The van der Waals surface area contributed by atoms with Crippen molar-refractivity contribution in [3.05, 3.63) is 57.0 Å². The molecule has 0 saturated carbocycles. The molecule has 92 valence electrons. The quantitative estimate of drug-likeness (QED) is 0.839. The third-order valence-corrected chi connectivity index (χ3v) is 3.04. The Hall–Kier alpha value is -1.50. The predicted octanol–water partition coefficient (Wildman–Crippen LogP) is 3.39. The zero-order valence-corrected chi connectivity index (χ0v) is 11.7. The van der Waals surface area contributed by atoms with E-state index >= 15 is 0 Å². The van der Waals surface area contributed by atoms with Gasteiger partial charge in [0, 0.05) is 9.77 Å². The van der Waals surface area contributed by atoms with Gasteiger partial charge in [0.2, 0.25) is 0 Å². The molecule has 1 N–H and O–H groups in total. The Balaban J connectivity index is 2.22. The first kappa shape index (κ1) is 12.9. The molecule has 0 unspecified atom stereocenters. The molecule has 0 aliphatic rings. The highest BCUT2D eigenvalue weighted by Crippen LogP contribution is 2.14. The van der Waals surface area contributed by atoms with Crippen LogP contribution < -0.4 is 5.32 Å². The summed E-state index contributed by atoms with van der Waals surface area (Å²) < 4.78 is 14.7. The molecule has 0 radical (unpaired) electrons. The number of carbonyl (C=O) groups excluding carboxylic acids is 1. The van der Waals surface area contributed by atoms with E-state index in [2.05, 4.69) is 32.9 Å². The number of hydrogen-bond acceptors (Lipinski definition) is 2. The van der Waals surface area contributed by atoms with E-state index in [1.807, 2.05) is 6.07 Å². The third-order valence-electron chi connectivity index (χ3n) is 2.41. The van der Waals surface area contributed by atoms with Crippen molar-refractivity contribution >= 4 is 34.3 Å². The molecule has 5 heteroatoms. The largest absolute Gasteiger partial charge is 0.306 e. The van der Waals surface area contributed by atoms with E-state index in [0.29, 0.717) is 11.4 Å². The van der Waals surface area contributed by atoms with Crippen molar-refractivity contribution in [2.75, 3.05) is 5.32 Å². The Morgan fingerprint density at radius 1 is 1.33 bits per heavy atom. The van der Waals surface area contributed by atoms with Crippen LogP contribution in [0.1, 0.15) is 15.9 Å². The molecule has 0 saturated heterocycles. The second-order valence-electron chi connectivity index (χ2n) is 3.75. The number of anilines is 1. The second kappa shape index (κ2) is 5.43. The molecule has 1 aromatic heterocycles. The zero-order valence-electron chi connectivity index (χ0n) is 9.58. The number of rotatable bonds is 2. The topological polar surface area (TPSA) is 42.0 Å². The molecule has 0 spiro atoms. The van der Waals surface area contributed by atoms with Gasteiger partial charge in [-0.3, -0.25) is 4.79 Å². The lowest BCUT2D eigenvalue weighted by atomic mass is 10.1. The van der Waals surface area contributed by atoms with Gasteiger partial charge in [0.05, 0.1) is 5.56 Å². The van der Waals surface area contributed by atoms with Crippen LogP contribution >= 0.6 is 22.6 Å². The molecule has 3 nitrogen and oxygen atoms in total. The molecule has 0 bridgehead atoms. The summed E-state index contributed by atoms with van der Waals surface area (Å²) >= 11 is 2.12. The summed E-state index contributed by atoms with van der Waals surface area (Å²) in [6, 6.07) is 8.21. The summed E-state index contributed by atoms with van der Waals surface area (Å²) in [5.74, 6) is -0.591. The molecule has 2 rings (SSSR count). The Morgan fingerprint density at radius 3 is 2.78 bits per heavy atom. The normalized spacial score (nSPS) is 10.2. The highest BCUT2D eigenvalue weighted by molar-refractivity contribution is 14.1. The first-order valence-electron chi connectivity index (χ1n) is 5.26. The van der Waals surface area contributed by atoms with E-state index in [4.69, 9.17) is 0 Å². The van der Waals surface area contributed by atoms with Crippen LogP contribution in [0.2, 0.25) is 0 Å². The van der Waals surface area contributed by atoms with Gasteiger partial charge >= 0.3 is 0 Å². The molecular weight excluding hydrogens is 346 g/mol. The van der Waals surface area contributed by atoms with Crippen molar-refractivity contribution in [2.45, 2.75) is 6.92 Å².